The van der Waals surface area contributed by atoms with Gasteiger partial charge in [-0.05, 0) is 0 Å². The van der Waals surface area contributed by atoms with Gasteiger partial charge in [-0.25, -0.2) is 4.98 Å². The molecule has 5 heteroatoms. The third kappa shape index (κ3) is 2.07. The Morgan fingerprint density at radius 3 is 3.07 bits per heavy atom. The molecule has 5 nitrogen and oxygen atoms in total. The van der Waals surface area contributed by atoms with E-state index in [1.807, 2.05) is 4.57 Å². The van der Waals surface area contributed by atoms with Crippen LogP contribution in [0.4, 0.5) is 0 Å². The molecule has 0 aliphatic carbocycles. The van der Waals surface area contributed by atoms with E-state index in [4.69, 9.17) is 9.15 Å². The summed E-state index contributed by atoms with van der Waals surface area (Å²) in [6, 6.07) is 1.42. The molecular weight excluding hydrogens is 196 g/mol. The van der Waals surface area contributed by atoms with Crippen molar-refractivity contribution < 1.29 is 9.15 Å². The second kappa shape index (κ2) is 4.00. The highest BCUT2D eigenvalue weighted by atomic mass is 16.5. The van der Waals surface area contributed by atoms with Gasteiger partial charge in [0.15, 0.2) is 0 Å². The first kappa shape index (κ1) is 9.51. The summed E-state index contributed by atoms with van der Waals surface area (Å²) in [4.78, 5) is 15.3. The SMILES string of the molecule is COc1coc(Cn2ccnc2)cc1=O. The molecule has 2 rings (SSSR count). The molecule has 0 atom stereocenters. The van der Waals surface area contributed by atoms with Gasteiger partial charge in [0.1, 0.15) is 12.0 Å². The molecule has 0 amide bonds. The van der Waals surface area contributed by atoms with Crippen LogP contribution in [-0.2, 0) is 6.54 Å². The molecule has 0 saturated heterocycles. The minimum atomic E-state index is -0.182. The van der Waals surface area contributed by atoms with Crippen molar-refractivity contribution in [3.63, 3.8) is 0 Å². The van der Waals surface area contributed by atoms with E-state index in [1.54, 1.807) is 18.7 Å². The molecule has 0 N–H and O–H groups in total. The maximum atomic E-state index is 11.4. The van der Waals surface area contributed by atoms with E-state index in [2.05, 4.69) is 4.98 Å². The topological polar surface area (TPSA) is 57.3 Å². The third-order valence-electron chi connectivity index (χ3n) is 1.97. The zero-order chi connectivity index (χ0) is 10.7. The minimum Gasteiger partial charge on any atom is -0.490 e. The Balaban J connectivity index is 2.24. The maximum Gasteiger partial charge on any atom is 0.227 e. The van der Waals surface area contributed by atoms with Crippen LogP contribution in [0.5, 0.6) is 5.75 Å². The molecular formula is C10H10N2O3. The van der Waals surface area contributed by atoms with E-state index in [1.165, 1.54) is 19.4 Å². The highest BCUT2D eigenvalue weighted by Gasteiger charge is 2.03. The molecule has 2 aromatic heterocycles. The lowest BCUT2D eigenvalue weighted by Crippen LogP contribution is -2.06. The van der Waals surface area contributed by atoms with Crippen LogP contribution in [0.1, 0.15) is 5.76 Å². The summed E-state index contributed by atoms with van der Waals surface area (Å²) in [6.07, 6.45) is 6.44. The predicted octanol–water partition coefficient (Wildman–Crippen LogP) is 0.893. The fraction of sp³-hybridized carbons (Fsp3) is 0.200. The van der Waals surface area contributed by atoms with Crippen molar-refractivity contribution in [2.45, 2.75) is 6.54 Å². The van der Waals surface area contributed by atoms with Gasteiger partial charge in [0.25, 0.3) is 0 Å². The summed E-state index contributed by atoms with van der Waals surface area (Å²) in [5.41, 5.74) is -0.182. The third-order valence-corrected chi connectivity index (χ3v) is 1.97. The van der Waals surface area contributed by atoms with E-state index >= 15 is 0 Å². The Hall–Kier alpha value is -2.04. The number of hydrogen-bond donors (Lipinski definition) is 0. The van der Waals surface area contributed by atoms with Gasteiger partial charge in [-0.15, -0.1) is 0 Å². The molecule has 0 bridgehead atoms. The second-order valence-corrected chi connectivity index (χ2v) is 3.01. The highest BCUT2D eigenvalue weighted by molar-refractivity contribution is 5.17. The van der Waals surface area contributed by atoms with Crippen LogP contribution in [0.15, 0.2) is 40.3 Å². The van der Waals surface area contributed by atoms with Gasteiger partial charge in [0, 0.05) is 18.5 Å². The van der Waals surface area contributed by atoms with Gasteiger partial charge in [-0.3, -0.25) is 4.79 Å². The first-order chi connectivity index (χ1) is 7.29. The summed E-state index contributed by atoms with van der Waals surface area (Å²) < 4.78 is 11.8. The standard InChI is InChI=1S/C10H10N2O3/c1-14-10-6-15-8(4-9(10)13)5-12-3-2-11-7-12/h2-4,6-7H,5H2,1H3. The number of ether oxygens (including phenoxy) is 1. The molecule has 0 spiro atoms. The van der Waals surface area contributed by atoms with Gasteiger partial charge in [-0.1, -0.05) is 0 Å². The zero-order valence-electron chi connectivity index (χ0n) is 8.21. The number of imidazole rings is 1. The number of aromatic nitrogens is 2. The fourth-order valence-electron chi connectivity index (χ4n) is 1.23. The monoisotopic (exact) mass is 206 g/mol. The summed E-state index contributed by atoms with van der Waals surface area (Å²) in [7, 11) is 1.43. The number of hydrogen-bond acceptors (Lipinski definition) is 4. The Labute approximate surface area is 85.9 Å². The van der Waals surface area contributed by atoms with Crippen LogP contribution in [0.25, 0.3) is 0 Å². The second-order valence-electron chi connectivity index (χ2n) is 3.01. The molecule has 0 unspecified atom stereocenters. The lowest BCUT2D eigenvalue weighted by Gasteiger charge is -2.02. The van der Waals surface area contributed by atoms with Crippen LogP contribution in [0.3, 0.4) is 0 Å². The molecule has 0 radical (unpaired) electrons. The Kier molecular flexibility index (Phi) is 2.53. The van der Waals surface area contributed by atoms with Gasteiger partial charge < -0.3 is 13.7 Å². The normalized spacial score (nSPS) is 10.2. The van der Waals surface area contributed by atoms with Crippen molar-refractivity contribution in [3.05, 3.63) is 47.0 Å². The van der Waals surface area contributed by atoms with Crippen molar-refractivity contribution in [2.24, 2.45) is 0 Å². The largest absolute Gasteiger partial charge is 0.490 e. The zero-order valence-corrected chi connectivity index (χ0v) is 8.21. The van der Waals surface area contributed by atoms with Crippen LogP contribution < -0.4 is 10.2 Å². The van der Waals surface area contributed by atoms with E-state index in [-0.39, 0.29) is 11.2 Å². The van der Waals surface area contributed by atoms with Crippen LogP contribution in [0, 0.1) is 0 Å². The first-order valence-electron chi connectivity index (χ1n) is 4.41. The van der Waals surface area contributed by atoms with Crippen molar-refractivity contribution in [1.29, 1.82) is 0 Å². The Morgan fingerprint density at radius 2 is 2.47 bits per heavy atom. The van der Waals surface area contributed by atoms with Crippen LogP contribution in [0.2, 0.25) is 0 Å². The van der Waals surface area contributed by atoms with Gasteiger partial charge in [-0.2, -0.15) is 0 Å². The summed E-state index contributed by atoms with van der Waals surface area (Å²) in [5.74, 6) is 0.781. The van der Waals surface area contributed by atoms with Gasteiger partial charge >= 0.3 is 0 Å². The molecule has 0 aliphatic rings. The fourth-order valence-corrected chi connectivity index (χ4v) is 1.23. The van der Waals surface area contributed by atoms with Crippen molar-refractivity contribution in [1.82, 2.24) is 9.55 Å². The average molecular weight is 206 g/mol. The van der Waals surface area contributed by atoms with E-state index in [9.17, 15) is 4.79 Å². The molecule has 2 heterocycles. The van der Waals surface area contributed by atoms with E-state index in [0.717, 1.165) is 0 Å². The van der Waals surface area contributed by atoms with E-state index < -0.39 is 0 Å². The molecule has 0 aliphatic heterocycles. The van der Waals surface area contributed by atoms with Gasteiger partial charge in [0.05, 0.1) is 20.0 Å². The highest BCUT2D eigenvalue weighted by Crippen LogP contribution is 2.06. The maximum absolute atomic E-state index is 11.4. The van der Waals surface area contributed by atoms with E-state index in [0.29, 0.717) is 12.3 Å². The van der Waals surface area contributed by atoms with Crippen LogP contribution in [-0.4, -0.2) is 16.7 Å². The number of methoxy groups -OCH3 is 1. The smallest absolute Gasteiger partial charge is 0.227 e. The molecule has 0 aromatic carbocycles. The summed E-state index contributed by atoms with van der Waals surface area (Å²) >= 11 is 0. The van der Waals surface area contributed by atoms with Crippen molar-refractivity contribution >= 4 is 0 Å². The van der Waals surface area contributed by atoms with Crippen molar-refractivity contribution in [3.8, 4) is 5.75 Å². The Morgan fingerprint density at radius 1 is 1.60 bits per heavy atom. The summed E-state index contributed by atoms with van der Waals surface area (Å²) in [5, 5.41) is 0. The van der Waals surface area contributed by atoms with Gasteiger partial charge in [0.2, 0.25) is 11.2 Å². The minimum absolute atomic E-state index is 0.182. The Bertz CT molecular complexity index is 488. The molecule has 2 aromatic rings. The lowest BCUT2D eigenvalue weighted by atomic mass is 10.3. The lowest BCUT2D eigenvalue weighted by molar-refractivity contribution is 0.376. The first-order valence-corrected chi connectivity index (χ1v) is 4.41. The summed E-state index contributed by atoms with van der Waals surface area (Å²) in [6.45, 7) is 0.485. The van der Waals surface area contributed by atoms with Crippen LogP contribution >= 0.6 is 0 Å². The molecule has 0 saturated carbocycles. The molecule has 78 valence electrons. The molecule has 15 heavy (non-hydrogen) atoms. The number of nitrogens with zero attached hydrogens (tertiary/aromatic N) is 2. The number of rotatable bonds is 3. The average Bonchev–Trinajstić information content (AvgIpc) is 2.71. The predicted molar refractivity (Wildman–Crippen MR) is 52.9 cm³/mol. The molecule has 0 fully saturated rings. The van der Waals surface area contributed by atoms with Crippen molar-refractivity contribution in [2.75, 3.05) is 7.11 Å². The quantitative estimate of drug-likeness (QED) is 0.748.